The average molecular weight is 557 g/mol. The van der Waals surface area contributed by atoms with Crippen molar-refractivity contribution >= 4 is 38.6 Å². The molecule has 0 saturated carbocycles. The largest absolute Gasteiger partial charge is 0.401 e. The maximum Gasteiger partial charge on any atom is 0.264 e. The van der Waals surface area contributed by atoms with E-state index in [0.29, 0.717) is 0 Å². The molecule has 4 rings (SSSR count). The number of hydrogen-bond donors (Lipinski definition) is 0. The molecule has 0 amide bonds. The summed E-state index contributed by atoms with van der Waals surface area (Å²) in [6.45, 7) is 6.39. The van der Waals surface area contributed by atoms with Crippen molar-refractivity contribution in [3.8, 4) is 0 Å². The highest BCUT2D eigenvalue weighted by Crippen LogP contribution is 2.41. The predicted molar refractivity (Wildman–Crippen MR) is 149 cm³/mol. The Hall–Kier alpha value is -2.56. The molecule has 1 aliphatic carbocycles. The van der Waals surface area contributed by atoms with Crippen LogP contribution in [0.15, 0.2) is 107 Å². The van der Waals surface area contributed by atoms with Gasteiger partial charge in [0.05, 0.1) is 22.2 Å². The molecule has 2 atom stereocenters. The first-order valence-electron chi connectivity index (χ1n) is 12.0. The molecule has 3 aromatic rings. The maximum atomic E-state index is 13.6. The molecule has 0 spiro atoms. The molecule has 0 aromatic heterocycles. The van der Waals surface area contributed by atoms with Crippen molar-refractivity contribution in [3.63, 3.8) is 0 Å². The summed E-state index contributed by atoms with van der Waals surface area (Å²) < 4.78 is 63.8. The first-order chi connectivity index (χ1) is 17.3. The minimum atomic E-state index is -4.01. The summed E-state index contributed by atoms with van der Waals surface area (Å²) >= 11 is 0. The van der Waals surface area contributed by atoms with Crippen LogP contribution in [0, 0.1) is 0 Å². The smallest absolute Gasteiger partial charge is 0.264 e. The highest BCUT2D eigenvalue weighted by Gasteiger charge is 2.52. The molecule has 0 radical (unpaired) electrons. The first-order valence-corrected chi connectivity index (χ1v) is 17.2. The van der Waals surface area contributed by atoms with E-state index < -0.39 is 40.5 Å². The third kappa shape index (κ3) is 5.66. The van der Waals surface area contributed by atoms with Gasteiger partial charge in [-0.05, 0) is 33.6 Å². The van der Waals surface area contributed by atoms with Gasteiger partial charge in [0.1, 0.15) is 6.10 Å². The van der Waals surface area contributed by atoms with E-state index in [4.69, 9.17) is 8.61 Å². The van der Waals surface area contributed by atoms with Crippen molar-refractivity contribution in [3.05, 3.63) is 102 Å². The lowest BCUT2D eigenvalue weighted by atomic mass is 10.2. The molecule has 0 unspecified atom stereocenters. The van der Waals surface area contributed by atoms with Crippen molar-refractivity contribution < 1.29 is 25.4 Å². The summed E-state index contributed by atoms with van der Waals surface area (Å²) in [7, 11) is -11.0. The van der Waals surface area contributed by atoms with Crippen LogP contribution in [0.2, 0.25) is 5.04 Å². The zero-order chi connectivity index (χ0) is 26.9. The van der Waals surface area contributed by atoms with Crippen LogP contribution >= 0.6 is 0 Å². The summed E-state index contributed by atoms with van der Waals surface area (Å²) in [5.41, 5.74) is 0. The molecule has 196 valence electrons. The van der Waals surface area contributed by atoms with E-state index in [0.717, 1.165) is 16.6 Å². The average Bonchev–Trinajstić information content (AvgIpc) is 3.24. The molecule has 37 heavy (non-hydrogen) atoms. The monoisotopic (exact) mass is 556 g/mol. The second-order valence-corrected chi connectivity index (χ2v) is 18.0. The van der Waals surface area contributed by atoms with Gasteiger partial charge in [-0.15, -0.1) is 0 Å². The van der Waals surface area contributed by atoms with E-state index in [1.807, 2.05) is 36.4 Å². The summed E-state index contributed by atoms with van der Waals surface area (Å²) in [5, 5.41) is 1.75. The molecule has 1 aliphatic rings. The molecule has 0 heterocycles. The fraction of sp³-hybridized carbons (Fsp3) is 0.286. The zero-order valence-electron chi connectivity index (χ0n) is 21.4. The summed E-state index contributed by atoms with van der Waals surface area (Å²) in [5.74, 6) is 0. The minimum Gasteiger partial charge on any atom is -0.401 e. The normalized spacial score (nSPS) is 19.0. The second-order valence-electron chi connectivity index (χ2n) is 10.2. The Morgan fingerprint density at radius 3 is 1.65 bits per heavy atom. The maximum absolute atomic E-state index is 13.6. The van der Waals surface area contributed by atoms with Crippen LogP contribution in [-0.2, 0) is 28.6 Å². The Kier molecular flexibility index (Phi) is 7.65. The number of hydrogen-bond acceptors (Lipinski definition) is 6. The molecule has 9 heteroatoms. The van der Waals surface area contributed by atoms with Gasteiger partial charge in [-0.3, -0.25) is 4.18 Å². The molecule has 3 aromatic carbocycles. The van der Waals surface area contributed by atoms with E-state index in [-0.39, 0.29) is 21.3 Å². The van der Waals surface area contributed by atoms with E-state index in [2.05, 4.69) is 45.0 Å². The fourth-order valence-corrected chi connectivity index (χ4v) is 11.9. The Labute approximate surface area is 221 Å². The predicted octanol–water partition coefficient (Wildman–Crippen LogP) is 4.04. The van der Waals surface area contributed by atoms with Crippen molar-refractivity contribution in [2.45, 2.75) is 49.3 Å². The minimum absolute atomic E-state index is 0.0684. The van der Waals surface area contributed by atoms with Crippen molar-refractivity contribution in [1.82, 2.24) is 0 Å². The van der Waals surface area contributed by atoms with Crippen LogP contribution < -0.4 is 10.4 Å². The van der Waals surface area contributed by atoms with Gasteiger partial charge in [-0.2, -0.15) is 8.42 Å². The molecule has 0 fully saturated rings. The van der Waals surface area contributed by atoms with Gasteiger partial charge < -0.3 is 4.43 Å². The third-order valence-corrected chi connectivity index (χ3v) is 14.1. The number of rotatable bonds is 8. The second kappa shape index (κ2) is 10.3. The van der Waals surface area contributed by atoms with E-state index in [1.54, 1.807) is 18.2 Å². The van der Waals surface area contributed by atoms with E-state index >= 15 is 0 Å². The zero-order valence-corrected chi connectivity index (χ0v) is 24.0. The standard InChI is InChI=1S/C28H32O6S2Si/c1-28(2,3)37(24-16-10-6-11-17-24,25-18-12-7-13-19-25)34-22-20-26(33-35(4,29)30)27(21-22)36(31,32)23-14-8-5-9-15-23/h5-19,21-22,26H,20H2,1-4H3/t22-,26+/m1/s1. The van der Waals surface area contributed by atoms with Crippen molar-refractivity contribution in [1.29, 1.82) is 0 Å². The molecule has 0 saturated heterocycles. The first kappa shape index (κ1) is 27.5. The van der Waals surface area contributed by atoms with E-state index in [9.17, 15) is 16.8 Å². The molecule has 6 nitrogen and oxygen atoms in total. The Morgan fingerprint density at radius 1 is 0.757 bits per heavy atom. The number of sulfone groups is 1. The van der Waals surface area contributed by atoms with E-state index in [1.165, 1.54) is 18.2 Å². The summed E-state index contributed by atoms with van der Waals surface area (Å²) in [6, 6.07) is 28.0. The van der Waals surface area contributed by atoms with Gasteiger partial charge in [0, 0.05) is 6.42 Å². The lowest BCUT2D eigenvalue weighted by Crippen LogP contribution is -2.67. The van der Waals surface area contributed by atoms with Crippen LogP contribution in [0.4, 0.5) is 0 Å². The molecule has 0 bridgehead atoms. The third-order valence-electron chi connectivity index (χ3n) is 6.51. The highest BCUT2D eigenvalue weighted by molar-refractivity contribution is 7.95. The lowest BCUT2D eigenvalue weighted by Gasteiger charge is -2.44. The van der Waals surface area contributed by atoms with Gasteiger partial charge >= 0.3 is 0 Å². The Bertz CT molecular complexity index is 1420. The summed E-state index contributed by atoms with van der Waals surface area (Å²) in [6.07, 6.45) is 0.682. The topological polar surface area (TPSA) is 86.7 Å². The Morgan fingerprint density at radius 2 is 1.22 bits per heavy atom. The van der Waals surface area contributed by atoms with Crippen molar-refractivity contribution in [2.24, 2.45) is 0 Å². The lowest BCUT2D eigenvalue weighted by molar-refractivity contribution is 0.176. The molecule has 0 aliphatic heterocycles. The fourth-order valence-electron chi connectivity index (χ4n) is 4.98. The highest BCUT2D eigenvalue weighted by atomic mass is 32.2. The van der Waals surface area contributed by atoms with Gasteiger partial charge in [-0.1, -0.05) is 99.6 Å². The molecular formula is C28H32O6S2Si. The summed E-state index contributed by atoms with van der Waals surface area (Å²) in [4.78, 5) is -0.0125. The van der Waals surface area contributed by atoms with Crippen LogP contribution in [-0.4, -0.2) is 43.6 Å². The molecular weight excluding hydrogens is 525 g/mol. The van der Waals surface area contributed by atoms with Gasteiger partial charge in [0.25, 0.3) is 18.4 Å². The van der Waals surface area contributed by atoms with Crippen molar-refractivity contribution in [2.75, 3.05) is 6.26 Å². The number of benzene rings is 3. The van der Waals surface area contributed by atoms with Crippen LogP contribution in [0.3, 0.4) is 0 Å². The Balaban J connectivity index is 1.86. The molecule has 0 N–H and O–H groups in total. The van der Waals surface area contributed by atoms with Gasteiger partial charge in [-0.25, -0.2) is 8.42 Å². The van der Waals surface area contributed by atoms with Crippen LogP contribution in [0.1, 0.15) is 27.2 Å². The van der Waals surface area contributed by atoms with Crippen LogP contribution in [0.25, 0.3) is 0 Å². The SMILES string of the molecule is CC(C)(C)[Si](O[C@H]1C=C(S(=O)(=O)c2ccccc2)[C@@H](OS(C)(=O)=O)C1)(c1ccccc1)c1ccccc1. The van der Waals surface area contributed by atoms with Crippen LogP contribution in [0.5, 0.6) is 0 Å². The van der Waals surface area contributed by atoms with Gasteiger partial charge in [0.15, 0.2) is 0 Å². The van der Waals surface area contributed by atoms with Gasteiger partial charge in [0.2, 0.25) is 9.84 Å². The quantitative estimate of drug-likeness (QED) is 0.308.